The highest BCUT2D eigenvalue weighted by molar-refractivity contribution is 7.18. The smallest absolute Gasteiger partial charge is 0.330 e. The van der Waals surface area contributed by atoms with Crippen molar-refractivity contribution in [3.05, 3.63) is 31.3 Å². The van der Waals surface area contributed by atoms with E-state index in [-0.39, 0.29) is 0 Å². The zero-order valence-electron chi connectivity index (χ0n) is 11.6. The van der Waals surface area contributed by atoms with Gasteiger partial charge in [0, 0.05) is 4.88 Å². The normalized spacial score (nSPS) is 12.8. The number of aromatic amines is 1. The zero-order valence-corrected chi connectivity index (χ0v) is 12.5. The second-order valence-electron chi connectivity index (χ2n) is 4.63. The van der Waals surface area contributed by atoms with E-state index in [4.69, 9.17) is 5.73 Å². The molecule has 0 bridgehead atoms. The molecule has 0 saturated carbocycles. The summed E-state index contributed by atoms with van der Waals surface area (Å²) in [6.07, 6.45) is 0.995. The van der Waals surface area contributed by atoms with Crippen molar-refractivity contribution >= 4 is 27.5 Å². The predicted octanol–water partition coefficient (Wildman–Crippen LogP) is 1.06. The molecule has 6 nitrogen and oxygen atoms in total. The minimum atomic E-state index is -0.916. The number of aromatic nitrogens is 2. The van der Waals surface area contributed by atoms with Gasteiger partial charge in [0.2, 0.25) is 5.91 Å². The van der Waals surface area contributed by atoms with Crippen molar-refractivity contribution in [2.45, 2.75) is 39.7 Å². The maximum Gasteiger partial charge on any atom is 0.330 e. The van der Waals surface area contributed by atoms with Crippen LogP contribution in [0, 0.1) is 6.92 Å². The number of hydrogen-bond donors (Lipinski definition) is 2. The Morgan fingerprint density at radius 1 is 1.40 bits per heavy atom. The minimum absolute atomic E-state index is 0.300. The third kappa shape index (κ3) is 2.07. The molecular formula is C13H17N3O3S. The average molecular weight is 295 g/mol. The van der Waals surface area contributed by atoms with Crippen molar-refractivity contribution in [1.29, 1.82) is 0 Å². The van der Waals surface area contributed by atoms with Gasteiger partial charge in [0.15, 0.2) is 0 Å². The lowest BCUT2D eigenvalue weighted by atomic mass is 10.1. The zero-order chi connectivity index (χ0) is 15.0. The van der Waals surface area contributed by atoms with Crippen molar-refractivity contribution in [3.63, 3.8) is 0 Å². The largest absolute Gasteiger partial charge is 0.368 e. The van der Waals surface area contributed by atoms with Crippen LogP contribution < -0.4 is 17.0 Å². The number of carbonyl (C=O) groups excluding carboxylic acids is 1. The number of primary amides is 1. The van der Waals surface area contributed by atoms with E-state index < -0.39 is 23.2 Å². The molecule has 2 aromatic rings. The van der Waals surface area contributed by atoms with Crippen molar-refractivity contribution in [1.82, 2.24) is 9.55 Å². The fourth-order valence-electron chi connectivity index (χ4n) is 2.48. The first-order chi connectivity index (χ1) is 9.42. The number of thiophene rings is 1. The number of rotatable bonds is 4. The van der Waals surface area contributed by atoms with E-state index in [0.29, 0.717) is 23.1 Å². The van der Waals surface area contributed by atoms with Gasteiger partial charge in [0.25, 0.3) is 5.56 Å². The summed E-state index contributed by atoms with van der Waals surface area (Å²) in [5.41, 5.74) is 5.18. The van der Waals surface area contributed by atoms with Gasteiger partial charge in [0.05, 0.1) is 5.39 Å². The lowest BCUT2D eigenvalue weighted by Crippen LogP contribution is -2.42. The summed E-state index contributed by atoms with van der Waals surface area (Å²) in [6, 6.07) is -0.916. The van der Waals surface area contributed by atoms with Crippen LogP contribution in [0.5, 0.6) is 0 Å². The Kier molecular flexibility index (Phi) is 3.80. The van der Waals surface area contributed by atoms with Gasteiger partial charge >= 0.3 is 5.69 Å². The van der Waals surface area contributed by atoms with Crippen molar-refractivity contribution in [2.75, 3.05) is 0 Å². The second kappa shape index (κ2) is 5.24. The molecule has 2 heterocycles. The molecule has 0 aliphatic carbocycles. The van der Waals surface area contributed by atoms with Crippen molar-refractivity contribution in [2.24, 2.45) is 5.73 Å². The Bertz CT molecular complexity index is 784. The summed E-state index contributed by atoms with van der Waals surface area (Å²) in [5, 5.41) is 0.495. The van der Waals surface area contributed by atoms with E-state index >= 15 is 0 Å². The molecule has 0 aliphatic rings. The van der Waals surface area contributed by atoms with Crippen LogP contribution in [0.2, 0.25) is 0 Å². The Labute approximate surface area is 119 Å². The molecule has 1 unspecified atom stereocenters. The summed E-state index contributed by atoms with van der Waals surface area (Å²) >= 11 is 1.38. The molecule has 20 heavy (non-hydrogen) atoms. The molecular weight excluding hydrogens is 278 g/mol. The van der Waals surface area contributed by atoms with Gasteiger partial charge in [-0.2, -0.15) is 0 Å². The quantitative estimate of drug-likeness (QED) is 0.882. The highest BCUT2D eigenvalue weighted by Crippen LogP contribution is 2.26. The number of H-pyrrole nitrogens is 1. The van der Waals surface area contributed by atoms with Crippen LogP contribution >= 0.6 is 11.3 Å². The number of hydrogen-bond acceptors (Lipinski definition) is 4. The summed E-state index contributed by atoms with van der Waals surface area (Å²) in [4.78, 5) is 40.3. The maximum absolute atomic E-state index is 12.6. The van der Waals surface area contributed by atoms with Crippen LogP contribution in [0.25, 0.3) is 10.2 Å². The Balaban J connectivity index is 2.90. The van der Waals surface area contributed by atoms with E-state index in [1.165, 1.54) is 11.3 Å². The highest BCUT2D eigenvalue weighted by atomic mass is 32.1. The van der Waals surface area contributed by atoms with Gasteiger partial charge in [-0.05, 0) is 25.3 Å². The van der Waals surface area contributed by atoms with Gasteiger partial charge in [0.1, 0.15) is 10.9 Å². The summed E-state index contributed by atoms with van der Waals surface area (Å²) < 4.78 is 0.940. The lowest BCUT2D eigenvalue weighted by molar-refractivity contribution is -0.121. The van der Waals surface area contributed by atoms with Gasteiger partial charge in [-0.3, -0.25) is 14.6 Å². The fraction of sp³-hybridized carbons (Fsp3) is 0.462. The molecule has 0 radical (unpaired) electrons. The fourth-order valence-corrected chi connectivity index (χ4v) is 3.61. The molecule has 1 atom stereocenters. The standard InChI is InChI=1S/C13H17N3O3S/c1-4-7-6(3)20-11-9(7)12(18)16(13(19)15-11)8(5-2)10(14)17/h8H,4-5H2,1-3H3,(H2,14,17)(H,15,19). The van der Waals surface area contributed by atoms with Crippen LogP contribution in [-0.4, -0.2) is 15.5 Å². The molecule has 0 aliphatic heterocycles. The van der Waals surface area contributed by atoms with Gasteiger partial charge in [-0.15, -0.1) is 11.3 Å². The summed E-state index contributed by atoms with van der Waals surface area (Å²) in [6.45, 7) is 5.58. The van der Waals surface area contributed by atoms with Gasteiger partial charge in [-0.25, -0.2) is 9.36 Å². The molecule has 0 fully saturated rings. The Hall–Kier alpha value is -1.89. The van der Waals surface area contributed by atoms with Crippen LogP contribution in [0.3, 0.4) is 0 Å². The topological polar surface area (TPSA) is 97.9 Å². The van der Waals surface area contributed by atoms with Crippen LogP contribution in [0.15, 0.2) is 9.59 Å². The number of amides is 1. The van der Waals surface area contributed by atoms with Crippen molar-refractivity contribution in [3.8, 4) is 0 Å². The average Bonchev–Trinajstić information content (AvgIpc) is 2.69. The van der Waals surface area contributed by atoms with E-state index in [1.54, 1.807) is 6.92 Å². The van der Waals surface area contributed by atoms with Crippen molar-refractivity contribution < 1.29 is 4.79 Å². The monoisotopic (exact) mass is 295 g/mol. The SMILES string of the molecule is CCc1c(C)sc2[nH]c(=O)n(C(CC)C(N)=O)c(=O)c12. The molecule has 1 amide bonds. The molecule has 108 valence electrons. The third-order valence-electron chi connectivity index (χ3n) is 3.46. The number of nitrogens with zero attached hydrogens (tertiary/aromatic N) is 1. The molecule has 3 N–H and O–H groups in total. The van der Waals surface area contributed by atoms with E-state index in [2.05, 4.69) is 4.98 Å². The van der Waals surface area contributed by atoms with Crippen LogP contribution in [-0.2, 0) is 11.2 Å². The number of carbonyl (C=O) groups is 1. The molecule has 7 heteroatoms. The number of nitrogens with two attached hydrogens (primary N) is 1. The second-order valence-corrected chi connectivity index (χ2v) is 5.85. The van der Waals surface area contributed by atoms with E-state index in [1.807, 2.05) is 13.8 Å². The van der Waals surface area contributed by atoms with Gasteiger partial charge < -0.3 is 5.73 Å². The van der Waals surface area contributed by atoms with Crippen LogP contribution in [0.4, 0.5) is 0 Å². The third-order valence-corrected chi connectivity index (χ3v) is 4.52. The first-order valence-electron chi connectivity index (χ1n) is 6.48. The first kappa shape index (κ1) is 14.5. The molecule has 0 aromatic carbocycles. The molecule has 0 spiro atoms. The maximum atomic E-state index is 12.6. The lowest BCUT2D eigenvalue weighted by Gasteiger charge is -2.13. The Morgan fingerprint density at radius 2 is 2.05 bits per heavy atom. The highest BCUT2D eigenvalue weighted by Gasteiger charge is 2.23. The number of fused-ring (bicyclic) bond motifs is 1. The van der Waals surface area contributed by atoms with Gasteiger partial charge in [-0.1, -0.05) is 13.8 Å². The Morgan fingerprint density at radius 3 is 2.55 bits per heavy atom. The minimum Gasteiger partial charge on any atom is -0.368 e. The predicted molar refractivity (Wildman–Crippen MR) is 79.3 cm³/mol. The van der Waals surface area contributed by atoms with E-state index in [9.17, 15) is 14.4 Å². The molecule has 2 rings (SSSR count). The number of nitrogens with one attached hydrogen (secondary N) is 1. The van der Waals surface area contributed by atoms with Crippen LogP contribution in [0.1, 0.15) is 36.8 Å². The first-order valence-corrected chi connectivity index (χ1v) is 7.30. The number of aryl methyl sites for hydroxylation is 2. The summed E-state index contributed by atoms with van der Waals surface area (Å²) in [7, 11) is 0. The van der Waals surface area contributed by atoms with E-state index in [0.717, 1.165) is 15.0 Å². The summed E-state index contributed by atoms with van der Waals surface area (Å²) in [5.74, 6) is -0.676. The molecule has 0 saturated heterocycles. The molecule has 2 aromatic heterocycles.